The lowest BCUT2D eigenvalue weighted by Gasteiger charge is -2.16. The number of imide groups is 1. The van der Waals surface area contributed by atoms with Gasteiger partial charge in [-0.25, -0.2) is 14.1 Å². The number of hydrogen-bond donors (Lipinski definition) is 0. The molecule has 1 rings (SSSR count). The summed E-state index contributed by atoms with van der Waals surface area (Å²) < 4.78 is 17.6. The zero-order valence-electron chi connectivity index (χ0n) is 7.66. The molecule has 1 atom stereocenters. The van der Waals surface area contributed by atoms with E-state index in [-0.39, 0.29) is 19.4 Å². The maximum atomic E-state index is 13.2. The molecule has 1 fully saturated rings. The Kier molecular flexibility index (Phi) is 3.16. The molecule has 1 aliphatic rings. The molecule has 1 aliphatic heterocycles. The fourth-order valence-electron chi connectivity index (χ4n) is 1.16. The predicted octanol–water partition coefficient (Wildman–Crippen LogP) is -0.00590. The van der Waals surface area contributed by atoms with Gasteiger partial charge >= 0.3 is 5.97 Å². The minimum absolute atomic E-state index is 0.00940. The second-order valence-electron chi connectivity index (χ2n) is 2.75. The lowest BCUT2D eigenvalue weighted by atomic mass is 10.4. The summed E-state index contributed by atoms with van der Waals surface area (Å²) in [4.78, 5) is 33.2. The number of amides is 2. The van der Waals surface area contributed by atoms with Crippen molar-refractivity contribution in [3.63, 3.8) is 0 Å². The van der Waals surface area contributed by atoms with Gasteiger partial charge < -0.3 is 4.74 Å². The van der Waals surface area contributed by atoms with E-state index in [1.807, 2.05) is 0 Å². The molecule has 0 spiro atoms. The third-order valence-corrected chi connectivity index (χ3v) is 1.80. The van der Waals surface area contributed by atoms with Crippen LogP contribution in [0, 0.1) is 0 Å². The Hall–Kier alpha value is -1.46. The van der Waals surface area contributed by atoms with Crippen LogP contribution in [0.3, 0.4) is 0 Å². The SMILES string of the molecule is CCOC(=O)C(F)N1C(=O)CCC1=O. The molecule has 14 heavy (non-hydrogen) atoms. The van der Waals surface area contributed by atoms with Gasteiger partial charge in [0.1, 0.15) is 0 Å². The van der Waals surface area contributed by atoms with Crippen molar-refractivity contribution in [2.24, 2.45) is 0 Å². The van der Waals surface area contributed by atoms with Gasteiger partial charge in [-0.2, -0.15) is 0 Å². The summed E-state index contributed by atoms with van der Waals surface area (Å²) in [5, 5.41) is 0. The molecule has 0 radical (unpaired) electrons. The first kappa shape index (κ1) is 10.6. The maximum Gasteiger partial charge on any atom is 0.362 e. The van der Waals surface area contributed by atoms with Crippen molar-refractivity contribution in [1.29, 1.82) is 0 Å². The van der Waals surface area contributed by atoms with Gasteiger partial charge in [0.2, 0.25) is 11.8 Å². The molecular weight excluding hydrogens is 193 g/mol. The van der Waals surface area contributed by atoms with Gasteiger partial charge in [-0.15, -0.1) is 0 Å². The summed E-state index contributed by atoms with van der Waals surface area (Å²) in [6, 6.07) is 0. The topological polar surface area (TPSA) is 63.7 Å². The van der Waals surface area contributed by atoms with E-state index in [0.717, 1.165) is 0 Å². The Morgan fingerprint density at radius 3 is 2.43 bits per heavy atom. The highest BCUT2D eigenvalue weighted by molar-refractivity contribution is 6.04. The number of carbonyl (C=O) groups excluding carboxylic acids is 3. The molecule has 0 saturated carbocycles. The third-order valence-electron chi connectivity index (χ3n) is 1.80. The Balaban J connectivity index is 2.67. The molecule has 2 amide bonds. The van der Waals surface area contributed by atoms with E-state index in [1.54, 1.807) is 0 Å². The number of carbonyl (C=O) groups is 3. The number of ether oxygens (including phenoxy) is 1. The predicted molar refractivity (Wildman–Crippen MR) is 42.6 cm³/mol. The van der Waals surface area contributed by atoms with Gasteiger partial charge in [0.25, 0.3) is 6.30 Å². The minimum Gasteiger partial charge on any atom is -0.462 e. The molecule has 0 bridgehead atoms. The average Bonchev–Trinajstić information content (AvgIpc) is 2.46. The van der Waals surface area contributed by atoms with Gasteiger partial charge in [-0.05, 0) is 6.92 Å². The normalized spacial score (nSPS) is 18.6. The van der Waals surface area contributed by atoms with Crippen LogP contribution in [0.5, 0.6) is 0 Å². The summed E-state index contributed by atoms with van der Waals surface area (Å²) in [7, 11) is 0. The molecule has 1 unspecified atom stereocenters. The number of alkyl halides is 1. The van der Waals surface area contributed by atoms with Crippen LogP contribution in [0.25, 0.3) is 0 Å². The number of nitrogens with zero attached hydrogens (tertiary/aromatic N) is 1. The second-order valence-corrected chi connectivity index (χ2v) is 2.75. The molecular formula is C8H10FNO4. The number of esters is 1. The second kappa shape index (κ2) is 4.17. The molecule has 5 nitrogen and oxygen atoms in total. The van der Waals surface area contributed by atoms with Crippen LogP contribution in [0.1, 0.15) is 19.8 Å². The Morgan fingerprint density at radius 1 is 1.50 bits per heavy atom. The highest BCUT2D eigenvalue weighted by Crippen LogP contribution is 2.16. The fraction of sp³-hybridized carbons (Fsp3) is 0.625. The van der Waals surface area contributed by atoms with Crippen LogP contribution < -0.4 is 0 Å². The Bertz CT molecular complexity index is 263. The third kappa shape index (κ3) is 1.89. The van der Waals surface area contributed by atoms with Crippen LogP contribution >= 0.6 is 0 Å². The van der Waals surface area contributed by atoms with Crippen molar-refractivity contribution in [2.45, 2.75) is 26.1 Å². The van der Waals surface area contributed by atoms with E-state index < -0.39 is 24.1 Å². The van der Waals surface area contributed by atoms with Crippen molar-refractivity contribution in [1.82, 2.24) is 4.90 Å². The molecule has 0 N–H and O–H groups in total. The zero-order chi connectivity index (χ0) is 10.7. The molecule has 6 heteroatoms. The zero-order valence-corrected chi connectivity index (χ0v) is 7.66. The summed E-state index contributed by atoms with van der Waals surface area (Å²) in [6.45, 7) is 1.52. The summed E-state index contributed by atoms with van der Waals surface area (Å²) in [6.07, 6.45) is -2.38. The lowest BCUT2D eigenvalue weighted by molar-refractivity contribution is -0.165. The van der Waals surface area contributed by atoms with Crippen molar-refractivity contribution >= 4 is 17.8 Å². The molecule has 0 aliphatic carbocycles. The standard InChI is InChI=1S/C8H10FNO4/c1-2-14-8(13)7(9)10-5(11)3-4-6(10)12/h7H,2-4H2,1H3. The Labute approximate surface area is 79.8 Å². The molecule has 0 aromatic heterocycles. The quantitative estimate of drug-likeness (QED) is 0.368. The van der Waals surface area contributed by atoms with Crippen molar-refractivity contribution in [3.05, 3.63) is 0 Å². The lowest BCUT2D eigenvalue weighted by Crippen LogP contribution is -2.42. The Morgan fingerprint density at radius 2 is 2.00 bits per heavy atom. The van der Waals surface area contributed by atoms with Gasteiger partial charge in [0.05, 0.1) is 6.61 Å². The monoisotopic (exact) mass is 203 g/mol. The highest BCUT2D eigenvalue weighted by Gasteiger charge is 2.39. The van der Waals surface area contributed by atoms with Crippen LogP contribution in [0.4, 0.5) is 4.39 Å². The average molecular weight is 203 g/mol. The maximum absolute atomic E-state index is 13.2. The van der Waals surface area contributed by atoms with Crippen molar-refractivity contribution < 1.29 is 23.5 Å². The van der Waals surface area contributed by atoms with E-state index >= 15 is 0 Å². The smallest absolute Gasteiger partial charge is 0.362 e. The first-order chi connectivity index (χ1) is 6.57. The molecule has 78 valence electrons. The molecule has 0 aromatic carbocycles. The van der Waals surface area contributed by atoms with Crippen LogP contribution in [0.15, 0.2) is 0 Å². The number of rotatable bonds is 3. The van der Waals surface area contributed by atoms with E-state index in [4.69, 9.17) is 0 Å². The van der Waals surface area contributed by atoms with E-state index in [1.165, 1.54) is 6.92 Å². The highest BCUT2D eigenvalue weighted by atomic mass is 19.1. The van der Waals surface area contributed by atoms with Crippen molar-refractivity contribution in [2.75, 3.05) is 6.61 Å². The molecule has 1 saturated heterocycles. The number of hydrogen-bond acceptors (Lipinski definition) is 4. The number of likely N-dealkylation sites (tertiary alicyclic amines) is 1. The first-order valence-electron chi connectivity index (χ1n) is 4.23. The van der Waals surface area contributed by atoms with Crippen LogP contribution in [-0.4, -0.2) is 35.6 Å². The van der Waals surface area contributed by atoms with Gasteiger partial charge in [-0.3, -0.25) is 9.59 Å². The van der Waals surface area contributed by atoms with Gasteiger partial charge in [0, 0.05) is 12.8 Å². The molecule has 0 aromatic rings. The molecule has 1 heterocycles. The van der Waals surface area contributed by atoms with Gasteiger partial charge in [-0.1, -0.05) is 0 Å². The van der Waals surface area contributed by atoms with E-state index in [9.17, 15) is 18.8 Å². The number of halogens is 1. The summed E-state index contributed by atoms with van der Waals surface area (Å²) >= 11 is 0. The van der Waals surface area contributed by atoms with Crippen LogP contribution in [-0.2, 0) is 19.1 Å². The van der Waals surface area contributed by atoms with Crippen molar-refractivity contribution in [3.8, 4) is 0 Å². The summed E-state index contributed by atoms with van der Waals surface area (Å²) in [5.74, 6) is -2.54. The van der Waals surface area contributed by atoms with Gasteiger partial charge in [0.15, 0.2) is 0 Å². The largest absolute Gasteiger partial charge is 0.462 e. The fourth-order valence-corrected chi connectivity index (χ4v) is 1.16. The summed E-state index contributed by atoms with van der Waals surface area (Å²) in [5.41, 5.74) is 0. The van der Waals surface area contributed by atoms with E-state index in [0.29, 0.717) is 4.90 Å². The minimum atomic E-state index is -2.29. The first-order valence-corrected chi connectivity index (χ1v) is 4.23. The van der Waals surface area contributed by atoms with E-state index in [2.05, 4.69) is 4.74 Å². The van der Waals surface area contributed by atoms with Crippen LogP contribution in [0.2, 0.25) is 0 Å².